The molecule has 0 saturated carbocycles. The largest absolute Gasteiger partial charge is 0.478 e. The summed E-state index contributed by atoms with van der Waals surface area (Å²) >= 11 is 0. The lowest BCUT2D eigenvalue weighted by Gasteiger charge is -2.06. The third-order valence-corrected chi connectivity index (χ3v) is 4.66. The van der Waals surface area contributed by atoms with Crippen molar-refractivity contribution in [2.24, 2.45) is 7.05 Å². The second kappa shape index (κ2) is 5.24. The first kappa shape index (κ1) is 15.1. The Hall–Kier alpha value is -2.29. The van der Waals surface area contributed by atoms with Gasteiger partial charge in [0.15, 0.2) is 9.84 Å². The van der Waals surface area contributed by atoms with E-state index < -0.39 is 32.3 Å². The molecule has 0 atom stereocenters. The number of benzene rings is 1. The summed E-state index contributed by atoms with van der Waals surface area (Å²) in [5.74, 6) is -2.25. The van der Waals surface area contributed by atoms with Gasteiger partial charge in [0.25, 0.3) is 0 Å². The summed E-state index contributed by atoms with van der Waals surface area (Å²) in [6, 6.07) is 2.66. The fourth-order valence-electron chi connectivity index (χ4n) is 1.71. The van der Waals surface area contributed by atoms with E-state index >= 15 is 0 Å². The van der Waals surface area contributed by atoms with E-state index in [4.69, 9.17) is 5.11 Å². The van der Waals surface area contributed by atoms with Crippen LogP contribution < -0.4 is 0 Å². The van der Waals surface area contributed by atoms with Crippen molar-refractivity contribution in [3.05, 3.63) is 41.2 Å². The Morgan fingerprint density at radius 1 is 1.38 bits per heavy atom. The molecule has 2 rings (SSSR count). The Morgan fingerprint density at radius 2 is 2.05 bits per heavy atom. The molecule has 1 heterocycles. The number of sulfone groups is 1. The Labute approximate surface area is 120 Å². The van der Waals surface area contributed by atoms with Gasteiger partial charge in [-0.3, -0.25) is 0 Å². The van der Waals surface area contributed by atoms with Crippen LogP contribution >= 0.6 is 0 Å². The van der Waals surface area contributed by atoms with E-state index in [0.717, 1.165) is 12.1 Å². The second-order valence-corrected chi connectivity index (χ2v) is 6.39. The van der Waals surface area contributed by atoms with Gasteiger partial charge in [-0.05, 0) is 25.1 Å². The van der Waals surface area contributed by atoms with E-state index in [1.54, 1.807) is 14.0 Å². The van der Waals surface area contributed by atoms with E-state index in [1.165, 1.54) is 4.57 Å². The van der Waals surface area contributed by atoms with Crippen LogP contribution in [0.25, 0.3) is 0 Å². The van der Waals surface area contributed by atoms with Gasteiger partial charge in [-0.1, -0.05) is 0 Å². The molecule has 2 aromatic rings. The van der Waals surface area contributed by atoms with Crippen LogP contribution in [0.1, 0.15) is 22.0 Å². The molecule has 1 aromatic carbocycles. The van der Waals surface area contributed by atoms with Gasteiger partial charge in [0.05, 0.1) is 5.56 Å². The average molecular weight is 313 g/mol. The summed E-state index contributed by atoms with van der Waals surface area (Å²) < 4.78 is 39.7. The van der Waals surface area contributed by atoms with Crippen molar-refractivity contribution in [1.29, 1.82) is 0 Å². The number of carbonyl (C=O) groups is 1. The van der Waals surface area contributed by atoms with Crippen LogP contribution in [0, 0.1) is 12.7 Å². The molecule has 0 aliphatic carbocycles. The van der Waals surface area contributed by atoms with Crippen LogP contribution in [0.4, 0.5) is 4.39 Å². The Bertz CT molecular complexity index is 814. The quantitative estimate of drug-likeness (QED) is 0.901. The topological polar surface area (TPSA) is 102 Å². The lowest BCUT2D eigenvalue weighted by Crippen LogP contribution is -2.12. The summed E-state index contributed by atoms with van der Waals surface area (Å²) in [5.41, 5.74) is -0.319. The van der Waals surface area contributed by atoms with Gasteiger partial charge in [0, 0.05) is 7.05 Å². The zero-order valence-electron chi connectivity index (χ0n) is 11.2. The minimum Gasteiger partial charge on any atom is -0.478 e. The van der Waals surface area contributed by atoms with E-state index in [-0.39, 0.29) is 11.4 Å². The van der Waals surface area contributed by atoms with Crippen molar-refractivity contribution in [2.75, 3.05) is 0 Å². The number of hydrogen-bond acceptors (Lipinski definition) is 5. The minimum atomic E-state index is -3.99. The number of hydrogen-bond donors (Lipinski definition) is 1. The molecule has 21 heavy (non-hydrogen) atoms. The number of aromatic nitrogens is 3. The van der Waals surface area contributed by atoms with Gasteiger partial charge in [-0.2, -0.15) is 0 Å². The molecule has 0 aliphatic heterocycles. The first-order chi connectivity index (χ1) is 9.72. The monoisotopic (exact) mass is 313 g/mol. The number of aromatic carboxylic acids is 1. The average Bonchev–Trinajstić information content (AvgIpc) is 2.69. The highest BCUT2D eigenvalue weighted by atomic mass is 32.2. The number of halogens is 1. The fourth-order valence-corrected chi connectivity index (χ4v) is 3.09. The maximum atomic E-state index is 13.8. The third-order valence-electron chi connectivity index (χ3n) is 3.02. The molecule has 112 valence electrons. The van der Waals surface area contributed by atoms with Gasteiger partial charge < -0.3 is 9.67 Å². The lowest BCUT2D eigenvalue weighted by atomic mass is 10.2. The molecular weight excluding hydrogens is 301 g/mol. The molecule has 7 nitrogen and oxygen atoms in total. The van der Waals surface area contributed by atoms with Crippen molar-refractivity contribution in [3.63, 3.8) is 0 Å². The van der Waals surface area contributed by atoms with Crippen molar-refractivity contribution >= 4 is 15.8 Å². The predicted octanol–water partition coefficient (Wildman–Crippen LogP) is 0.935. The van der Waals surface area contributed by atoms with E-state index in [9.17, 15) is 17.6 Å². The smallest absolute Gasteiger partial charge is 0.335 e. The zero-order valence-corrected chi connectivity index (χ0v) is 12.1. The third kappa shape index (κ3) is 2.92. The standard InChI is InChI=1S/C12H12FN3O4S/c1-7-14-15-11(16(7)2)6-21(19,20)10-4-3-8(12(17)18)5-9(10)13/h3-5H,6H2,1-2H3,(H,17,18). The van der Waals surface area contributed by atoms with Gasteiger partial charge in [-0.15, -0.1) is 10.2 Å². The number of carboxylic acid groups (broad SMARTS) is 1. The van der Waals surface area contributed by atoms with Crippen molar-refractivity contribution in [3.8, 4) is 0 Å². The van der Waals surface area contributed by atoms with Gasteiger partial charge in [0.1, 0.15) is 28.1 Å². The van der Waals surface area contributed by atoms with Crippen molar-refractivity contribution in [1.82, 2.24) is 14.8 Å². The highest BCUT2D eigenvalue weighted by Gasteiger charge is 2.23. The molecule has 0 radical (unpaired) electrons. The lowest BCUT2D eigenvalue weighted by molar-refractivity contribution is 0.0696. The van der Waals surface area contributed by atoms with Crippen LogP contribution in [-0.4, -0.2) is 34.3 Å². The molecular formula is C12H12FN3O4S. The molecule has 1 aromatic heterocycles. The van der Waals surface area contributed by atoms with Crippen LogP contribution in [-0.2, 0) is 22.6 Å². The molecule has 0 fully saturated rings. The van der Waals surface area contributed by atoms with Gasteiger partial charge in [0.2, 0.25) is 0 Å². The summed E-state index contributed by atoms with van der Waals surface area (Å²) in [6.45, 7) is 1.66. The molecule has 0 aliphatic rings. The molecule has 0 unspecified atom stereocenters. The van der Waals surface area contributed by atoms with Crippen LogP contribution in [0.5, 0.6) is 0 Å². The van der Waals surface area contributed by atoms with E-state index in [2.05, 4.69) is 10.2 Å². The Kier molecular flexibility index (Phi) is 3.77. The summed E-state index contributed by atoms with van der Waals surface area (Å²) in [4.78, 5) is 10.2. The maximum absolute atomic E-state index is 13.8. The summed E-state index contributed by atoms with van der Waals surface area (Å²) in [6.07, 6.45) is 0. The minimum absolute atomic E-state index is 0.175. The first-order valence-electron chi connectivity index (χ1n) is 5.83. The molecule has 1 N–H and O–H groups in total. The maximum Gasteiger partial charge on any atom is 0.335 e. The van der Waals surface area contributed by atoms with E-state index in [1.807, 2.05) is 0 Å². The van der Waals surface area contributed by atoms with Crippen LogP contribution in [0.3, 0.4) is 0 Å². The van der Waals surface area contributed by atoms with Crippen molar-refractivity contribution < 1.29 is 22.7 Å². The van der Waals surface area contributed by atoms with Gasteiger partial charge in [-0.25, -0.2) is 17.6 Å². The summed E-state index contributed by atoms with van der Waals surface area (Å²) in [5, 5.41) is 16.2. The van der Waals surface area contributed by atoms with Crippen LogP contribution in [0.15, 0.2) is 23.1 Å². The van der Waals surface area contributed by atoms with Crippen LogP contribution in [0.2, 0.25) is 0 Å². The molecule has 0 amide bonds. The summed E-state index contributed by atoms with van der Waals surface area (Å²) in [7, 11) is -2.39. The molecule has 0 spiro atoms. The number of nitrogens with zero attached hydrogens (tertiary/aromatic N) is 3. The van der Waals surface area contributed by atoms with Gasteiger partial charge >= 0.3 is 5.97 Å². The SMILES string of the molecule is Cc1nnc(CS(=O)(=O)c2ccc(C(=O)O)cc2F)n1C. The number of rotatable bonds is 4. The van der Waals surface area contributed by atoms with Crippen molar-refractivity contribution in [2.45, 2.75) is 17.6 Å². The number of carboxylic acids is 1. The molecule has 0 saturated heterocycles. The molecule has 9 heteroatoms. The Balaban J connectivity index is 2.40. The number of aryl methyl sites for hydroxylation is 1. The molecule has 0 bridgehead atoms. The first-order valence-corrected chi connectivity index (χ1v) is 7.48. The Morgan fingerprint density at radius 3 is 2.52 bits per heavy atom. The normalized spacial score (nSPS) is 11.6. The highest BCUT2D eigenvalue weighted by Crippen LogP contribution is 2.20. The predicted molar refractivity (Wildman–Crippen MR) is 70.0 cm³/mol. The second-order valence-electron chi connectivity index (χ2n) is 4.43. The highest BCUT2D eigenvalue weighted by molar-refractivity contribution is 7.90. The zero-order chi connectivity index (χ0) is 15.8. The fraction of sp³-hybridized carbons (Fsp3) is 0.250. The van der Waals surface area contributed by atoms with E-state index in [0.29, 0.717) is 11.9 Å².